The molecule has 3 aliphatic rings. The number of carbonyl (C=O) groups is 4. The lowest BCUT2D eigenvalue weighted by atomic mass is 10.0. The number of nitrogens with one attached hydrogen (secondary N) is 1. The minimum absolute atomic E-state index is 0.0104. The number of carbonyl (C=O) groups excluding carboxylic acids is 4. The van der Waals surface area contributed by atoms with Crippen LogP contribution >= 0.6 is 0 Å². The van der Waals surface area contributed by atoms with Crippen LogP contribution in [-0.2, 0) is 27.5 Å². The molecule has 10 heteroatoms. The fourth-order valence-electron chi connectivity index (χ4n) is 5.38. The van der Waals surface area contributed by atoms with Crippen LogP contribution in [0.4, 0.5) is 5.69 Å². The third-order valence-electron chi connectivity index (χ3n) is 7.29. The molecule has 2 aromatic rings. The highest BCUT2D eigenvalue weighted by atomic mass is 16.5. The van der Waals surface area contributed by atoms with Crippen molar-refractivity contribution in [2.24, 2.45) is 0 Å². The summed E-state index contributed by atoms with van der Waals surface area (Å²) in [5, 5.41) is 2.33. The topological polar surface area (TPSA) is 108 Å². The van der Waals surface area contributed by atoms with Gasteiger partial charge in [0.25, 0.3) is 5.91 Å². The second-order valence-corrected chi connectivity index (χ2v) is 9.93. The number of piperidine rings is 1. The number of ether oxygens (including phenoxy) is 2. The highest BCUT2D eigenvalue weighted by molar-refractivity contribution is 6.05. The van der Waals surface area contributed by atoms with Crippen molar-refractivity contribution < 1.29 is 28.7 Å². The molecule has 0 radical (unpaired) electrons. The number of benzene rings is 2. The van der Waals surface area contributed by atoms with Gasteiger partial charge in [-0.25, -0.2) is 0 Å². The molecule has 2 aromatic carbocycles. The molecule has 2 saturated heterocycles. The summed E-state index contributed by atoms with van der Waals surface area (Å²) in [5.41, 5.74) is 3.22. The van der Waals surface area contributed by atoms with Crippen LogP contribution in [0, 0.1) is 0 Å². The molecule has 38 heavy (non-hydrogen) atoms. The summed E-state index contributed by atoms with van der Waals surface area (Å²) >= 11 is 0. The number of imide groups is 1. The molecule has 0 aromatic heterocycles. The van der Waals surface area contributed by atoms with Gasteiger partial charge in [-0.05, 0) is 61.2 Å². The minimum atomic E-state index is -0.630. The molecule has 1 N–H and O–H groups in total. The molecule has 4 amide bonds. The van der Waals surface area contributed by atoms with E-state index >= 15 is 0 Å². The number of anilines is 1. The van der Waals surface area contributed by atoms with E-state index in [1.807, 2.05) is 31.2 Å². The van der Waals surface area contributed by atoms with E-state index in [9.17, 15) is 19.2 Å². The molecule has 200 valence electrons. The van der Waals surface area contributed by atoms with Crippen molar-refractivity contribution >= 4 is 29.8 Å². The largest absolute Gasteiger partial charge is 0.492 e. The molecule has 0 saturated carbocycles. The first kappa shape index (κ1) is 25.7. The van der Waals surface area contributed by atoms with E-state index in [0.29, 0.717) is 36.6 Å². The molecular formula is C28H32N4O6. The van der Waals surface area contributed by atoms with Gasteiger partial charge in [-0.3, -0.25) is 29.4 Å². The SMILES string of the molecule is CCOc1ccc(CN2CCC(Oc3ccc4c(c3)CN(C3CCC(=O)NC3=O)C4=O)C2)cc1N(C)C=O. The van der Waals surface area contributed by atoms with Gasteiger partial charge in [0.05, 0.1) is 12.3 Å². The Bertz CT molecular complexity index is 1260. The van der Waals surface area contributed by atoms with Crippen molar-refractivity contribution in [3.63, 3.8) is 0 Å². The van der Waals surface area contributed by atoms with Crippen molar-refractivity contribution in [3.05, 3.63) is 53.1 Å². The lowest BCUT2D eigenvalue weighted by Gasteiger charge is -2.29. The van der Waals surface area contributed by atoms with Crippen LogP contribution in [0.15, 0.2) is 36.4 Å². The van der Waals surface area contributed by atoms with E-state index in [1.165, 1.54) is 4.90 Å². The molecule has 2 unspecified atom stereocenters. The summed E-state index contributed by atoms with van der Waals surface area (Å²) in [6.45, 7) is 5.12. The van der Waals surface area contributed by atoms with Gasteiger partial charge in [-0.2, -0.15) is 0 Å². The van der Waals surface area contributed by atoms with Crippen LogP contribution in [0.5, 0.6) is 11.5 Å². The number of amides is 4. The second-order valence-electron chi connectivity index (χ2n) is 9.93. The van der Waals surface area contributed by atoms with Gasteiger partial charge in [0, 0.05) is 45.2 Å². The van der Waals surface area contributed by atoms with Gasteiger partial charge in [0.1, 0.15) is 23.6 Å². The minimum Gasteiger partial charge on any atom is -0.492 e. The standard InChI is InChI=1S/C28H32N4O6/c1-3-37-25-8-4-18(12-24(25)30(2)17-33)14-31-11-10-21(16-31)38-20-5-6-22-19(13-20)15-32(28(22)36)23-7-9-26(34)29-27(23)35/h4-6,8,12-13,17,21,23H,3,7,9-11,14-16H2,1-2H3,(H,29,34,35). The van der Waals surface area contributed by atoms with Crippen LogP contribution in [0.1, 0.15) is 47.7 Å². The lowest BCUT2D eigenvalue weighted by molar-refractivity contribution is -0.136. The summed E-state index contributed by atoms with van der Waals surface area (Å²) in [4.78, 5) is 53.4. The normalized spacial score (nSPS) is 21.3. The van der Waals surface area contributed by atoms with E-state index in [-0.39, 0.29) is 24.3 Å². The van der Waals surface area contributed by atoms with Crippen LogP contribution in [0.2, 0.25) is 0 Å². The number of hydrogen-bond acceptors (Lipinski definition) is 7. The predicted octanol–water partition coefficient (Wildman–Crippen LogP) is 2.09. The van der Waals surface area contributed by atoms with E-state index < -0.39 is 11.9 Å². The Hall–Kier alpha value is -3.92. The Morgan fingerprint density at radius 2 is 1.97 bits per heavy atom. The van der Waals surface area contributed by atoms with E-state index in [1.54, 1.807) is 24.1 Å². The Balaban J connectivity index is 1.20. The zero-order valence-electron chi connectivity index (χ0n) is 21.6. The van der Waals surface area contributed by atoms with Gasteiger partial charge >= 0.3 is 0 Å². The molecule has 5 rings (SSSR count). The lowest BCUT2D eigenvalue weighted by Crippen LogP contribution is -2.52. The van der Waals surface area contributed by atoms with Gasteiger partial charge in [-0.15, -0.1) is 0 Å². The number of rotatable bonds is 9. The average molecular weight is 521 g/mol. The first-order chi connectivity index (χ1) is 18.4. The van der Waals surface area contributed by atoms with Gasteiger partial charge in [-0.1, -0.05) is 6.07 Å². The summed E-state index contributed by atoms with van der Waals surface area (Å²) in [6, 6.07) is 10.7. The van der Waals surface area contributed by atoms with Crippen molar-refractivity contribution in [2.75, 3.05) is 31.6 Å². The number of likely N-dealkylation sites (tertiary alicyclic amines) is 1. The first-order valence-electron chi connectivity index (χ1n) is 13.0. The average Bonchev–Trinajstić information content (AvgIpc) is 3.47. The van der Waals surface area contributed by atoms with E-state index in [2.05, 4.69) is 10.2 Å². The Morgan fingerprint density at radius 3 is 2.74 bits per heavy atom. The Kier molecular flexibility index (Phi) is 7.33. The summed E-state index contributed by atoms with van der Waals surface area (Å²) in [6.07, 6.45) is 2.23. The number of nitrogens with zero attached hydrogens (tertiary/aromatic N) is 3. The molecule has 2 fully saturated rings. The van der Waals surface area contributed by atoms with Crippen LogP contribution in [0.25, 0.3) is 0 Å². The maximum Gasteiger partial charge on any atom is 0.255 e. The van der Waals surface area contributed by atoms with Crippen LogP contribution in [0.3, 0.4) is 0 Å². The molecule has 0 aliphatic carbocycles. The summed E-state index contributed by atoms with van der Waals surface area (Å²) < 4.78 is 11.9. The quantitative estimate of drug-likeness (QED) is 0.398. The van der Waals surface area contributed by atoms with E-state index in [4.69, 9.17) is 9.47 Å². The molecule has 0 spiro atoms. The summed E-state index contributed by atoms with van der Waals surface area (Å²) in [7, 11) is 1.71. The van der Waals surface area contributed by atoms with Gasteiger partial charge < -0.3 is 19.3 Å². The Labute approximate surface area is 221 Å². The fourth-order valence-corrected chi connectivity index (χ4v) is 5.38. The fraction of sp³-hybridized carbons (Fsp3) is 0.429. The van der Waals surface area contributed by atoms with Gasteiger partial charge in [0.15, 0.2) is 0 Å². The zero-order valence-corrected chi connectivity index (χ0v) is 21.6. The maximum absolute atomic E-state index is 12.9. The van der Waals surface area contributed by atoms with Crippen LogP contribution in [-0.4, -0.2) is 72.8 Å². The van der Waals surface area contributed by atoms with E-state index in [0.717, 1.165) is 49.3 Å². The summed E-state index contributed by atoms with van der Waals surface area (Å²) in [5.74, 6) is 0.475. The maximum atomic E-state index is 12.9. The highest BCUT2D eigenvalue weighted by Crippen LogP contribution is 2.32. The second kappa shape index (κ2) is 10.8. The highest BCUT2D eigenvalue weighted by Gasteiger charge is 2.39. The molecule has 2 atom stereocenters. The molecule has 3 heterocycles. The third-order valence-corrected chi connectivity index (χ3v) is 7.29. The third kappa shape index (κ3) is 5.22. The Morgan fingerprint density at radius 1 is 1.13 bits per heavy atom. The molecule has 3 aliphatic heterocycles. The molecule has 10 nitrogen and oxygen atoms in total. The number of hydrogen-bond donors (Lipinski definition) is 1. The zero-order chi connectivity index (χ0) is 26.8. The van der Waals surface area contributed by atoms with Crippen molar-refractivity contribution in [1.82, 2.24) is 15.1 Å². The first-order valence-corrected chi connectivity index (χ1v) is 13.0. The monoisotopic (exact) mass is 520 g/mol. The molecular weight excluding hydrogens is 488 g/mol. The number of fused-ring (bicyclic) bond motifs is 1. The molecule has 0 bridgehead atoms. The van der Waals surface area contributed by atoms with Crippen LogP contribution < -0.4 is 19.7 Å². The smallest absolute Gasteiger partial charge is 0.255 e. The predicted molar refractivity (Wildman–Crippen MR) is 139 cm³/mol. The van der Waals surface area contributed by atoms with Crippen molar-refractivity contribution in [1.29, 1.82) is 0 Å². The van der Waals surface area contributed by atoms with Crippen molar-refractivity contribution in [3.8, 4) is 11.5 Å². The van der Waals surface area contributed by atoms with Gasteiger partial charge in [0.2, 0.25) is 18.2 Å². The van der Waals surface area contributed by atoms with Crippen molar-refractivity contribution in [2.45, 2.75) is 51.4 Å².